The van der Waals surface area contributed by atoms with Crippen LogP contribution in [0, 0.1) is 6.92 Å². The maximum Gasteiger partial charge on any atom is 0.248 e. The summed E-state index contributed by atoms with van der Waals surface area (Å²) >= 11 is 3.39. The normalized spacial score (nSPS) is 10.9. The second kappa shape index (κ2) is 12.1. The summed E-state index contributed by atoms with van der Waals surface area (Å²) < 4.78 is 19.6. The number of hydrogen-bond donors (Lipinski definition) is 1. The fraction of sp³-hybridized carbons (Fsp3) is 0.143. The monoisotopic (exact) mass is 547 g/mol. The highest BCUT2D eigenvalue weighted by molar-refractivity contribution is 9.10. The van der Waals surface area contributed by atoms with E-state index in [0.29, 0.717) is 12.3 Å². The third-order valence-electron chi connectivity index (χ3n) is 5.22. The first-order valence-corrected chi connectivity index (χ1v) is 12.0. The van der Waals surface area contributed by atoms with E-state index in [0.717, 1.165) is 32.8 Å². The number of carbonyl (C=O) groups is 1. The summed E-state index contributed by atoms with van der Waals surface area (Å²) in [5.74, 6) is 1.97. The maximum atomic E-state index is 12.4. The second-order valence-electron chi connectivity index (χ2n) is 7.99. The lowest BCUT2D eigenvalue weighted by Gasteiger charge is -2.11. The quantitative estimate of drug-likeness (QED) is 0.238. The Balaban J connectivity index is 1.32. The topological polar surface area (TPSA) is 74.6 Å². The lowest BCUT2D eigenvalue weighted by atomic mass is 10.1. The van der Waals surface area contributed by atoms with E-state index in [-0.39, 0.29) is 12.6 Å². The van der Waals surface area contributed by atoms with E-state index in [9.17, 15) is 4.79 Å². The minimum atomic E-state index is -0.267. The Morgan fingerprint density at radius 1 is 1.03 bits per heavy atom. The van der Waals surface area contributed by atoms with Crippen molar-refractivity contribution in [2.24, 2.45) is 0 Å². The largest absolute Gasteiger partial charge is 0.496 e. The number of ether oxygens (including phenoxy) is 3. The third-order valence-corrected chi connectivity index (χ3v) is 5.75. The Bertz CT molecular complexity index is 1330. The molecule has 36 heavy (non-hydrogen) atoms. The van der Waals surface area contributed by atoms with Crippen molar-refractivity contribution >= 4 is 33.6 Å². The van der Waals surface area contributed by atoms with Crippen LogP contribution in [0.25, 0.3) is 6.08 Å². The zero-order valence-electron chi connectivity index (χ0n) is 20.0. The van der Waals surface area contributed by atoms with Gasteiger partial charge < -0.3 is 19.5 Å². The highest BCUT2D eigenvalue weighted by Crippen LogP contribution is 2.23. The first-order valence-electron chi connectivity index (χ1n) is 11.2. The van der Waals surface area contributed by atoms with Crippen LogP contribution < -0.4 is 19.5 Å². The standard InChI is InChI=1S/C28H26BrN3O4/c1-20-3-9-25(10-4-20)35-18-22-15-21(5-13-27(22)34-2)6-14-28(33)31-24-16-30-32(17-24)19-36-26-11-7-23(29)8-12-26/h3-17H,18-19H2,1-2H3,(H,31,33)/b14-6+. The summed E-state index contributed by atoms with van der Waals surface area (Å²) in [6.07, 6.45) is 6.50. The van der Waals surface area contributed by atoms with Crippen LogP contribution in [0.15, 0.2) is 89.7 Å². The first kappa shape index (κ1) is 25.1. The molecule has 0 saturated carbocycles. The van der Waals surface area contributed by atoms with Crippen molar-refractivity contribution in [1.29, 1.82) is 0 Å². The summed E-state index contributed by atoms with van der Waals surface area (Å²) in [4.78, 5) is 12.4. The molecule has 0 unspecified atom stereocenters. The van der Waals surface area contributed by atoms with Crippen molar-refractivity contribution in [3.05, 3.63) is 106 Å². The van der Waals surface area contributed by atoms with Gasteiger partial charge in [-0.15, -0.1) is 0 Å². The van der Waals surface area contributed by atoms with Crippen molar-refractivity contribution in [2.75, 3.05) is 12.4 Å². The van der Waals surface area contributed by atoms with Gasteiger partial charge in [0.15, 0.2) is 6.73 Å². The molecule has 8 heteroatoms. The average molecular weight is 548 g/mol. The molecule has 0 aliphatic heterocycles. The Kier molecular flexibility index (Phi) is 8.41. The Hall–Kier alpha value is -4.04. The van der Waals surface area contributed by atoms with Gasteiger partial charge in [0.1, 0.15) is 23.9 Å². The van der Waals surface area contributed by atoms with Crippen LogP contribution in [0.5, 0.6) is 17.2 Å². The number of anilines is 1. The molecule has 0 saturated heterocycles. The predicted molar refractivity (Wildman–Crippen MR) is 143 cm³/mol. The molecular formula is C28H26BrN3O4. The zero-order valence-corrected chi connectivity index (χ0v) is 21.6. The molecule has 0 fully saturated rings. The van der Waals surface area contributed by atoms with Crippen LogP contribution in [0.3, 0.4) is 0 Å². The molecule has 7 nitrogen and oxygen atoms in total. The van der Waals surface area contributed by atoms with E-state index in [4.69, 9.17) is 14.2 Å². The van der Waals surface area contributed by atoms with E-state index in [1.165, 1.54) is 11.6 Å². The van der Waals surface area contributed by atoms with Gasteiger partial charge in [0.25, 0.3) is 0 Å². The zero-order chi connectivity index (χ0) is 25.3. The van der Waals surface area contributed by atoms with Gasteiger partial charge in [0.2, 0.25) is 5.91 Å². The van der Waals surface area contributed by atoms with Crippen LogP contribution in [-0.2, 0) is 18.1 Å². The number of aryl methyl sites for hydroxylation is 1. The number of nitrogens with one attached hydrogen (secondary N) is 1. The van der Waals surface area contributed by atoms with Crippen molar-refractivity contribution in [3.63, 3.8) is 0 Å². The molecule has 4 aromatic rings. The van der Waals surface area contributed by atoms with Crippen LogP contribution in [0.1, 0.15) is 16.7 Å². The number of nitrogens with zero attached hydrogens (tertiary/aromatic N) is 2. The molecule has 1 amide bonds. The van der Waals surface area contributed by atoms with Gasteiger partial charge in [-0.1, -0.05) is 39.7 Å². The van der Waals surface area contributed by atoms with Gasteiger partial charge in [0.05, 0.1) is 25.2 Å². The summed E-state index contributed by atoms with van der Waals surface area (Å²) in [6.45, 7) is 2.61. The van der Waals surface area contributed by atoms with Crippen molar-refractivity contribution < 1.29 is 19.0 Å². The van der Waals surface area contributed by atoms with Crippen molar-refractivity contribution in [1.82, 2.24) is 9.78 Å². The fourth-order valence-corrected chi connectivity index (χ4v) is 3.60. The average Bonchev–Trinajstić information content (AvgIpc) is 3.34. The van der Waals surface area contributed by atoms with Gasteiger partial charge in [0, 0.05) is 16.1 Å². The van der Waals surface area contributed by atoms with Crippen LogP contribution in [-0.4, -0.2) is 22.8 Å². The van der Waals surface area contributed by atoms with Gasteiger partial charge in [-0.05, 0) is 67.1 Å². The smallest absolute Gasteiger partial charge is 0.248 e. The number of halogens is 1. The van der Waals surface area contributed by atoms with E-state index in [1.807, 2.05) is 73.7 Å². The highest BCUT2D eigenvalue weighted by atomic mass is 79.9. The maximum absolute atomic E-state index is 12.4. The molecular weight excluding hydrogens is 522 g/mol. The molecule has 1 aromatic heterocycles. The van der Waals surface area contributed by atoms with Crippen molar-refractivity contribution in [3.8, 4) is 17.2 Å². The van der Waals surface area contributed by atoms with Gasteiger partial charge in [-0.25, -0.2) is 4.68 Å². The molecule has 0 radical (unpaired) electrons. The molecule has 4 rings (SSSR count). The summed E-state index contributed by atoms with van der Waals surface area (Å²) in [5, 5.41) is 7.02. The molecule has 3 aromatic carbocycles. The molecule has 0 aliphatic rings. The van der Waals surface area contributed by atoms with Crippen molar-refractivity contribution in [2.45, 2.75) is 20.3 Å². The lowest BCUT2D eigenvalue weighted by molar-refractivity contribution is -0.111. The molecule has 0 bridgehead atoms. The SMILES string of the molecule is COc1ccc(/C=C/C(=O)Nc2cnn(COc3ccc(Br)cc3)c2)cc1COc1ccc(C)cc1. The first-order chi connectivity index (χ1) is 17.5. The number of amides is 1. The number of benzene rings is 3. The number of rotatable bonds is 10. The minimum Gasteiger partial charge on any atom is -0.496 e. The molecule has 0 spiro atoms. The second-order valence-corrected chi connectivity index (χ2v) is 8.91. The summed E-state index contributed by atoms with van der Waals surface area (Å²) in [7, 11) is 1.62. The van der Waals surface area contributed by atoms with Gasteiger partial charge in [-0.2, -0.15) is 5.10 Å². The van der Waals surface area contributed by atoms with Crippen LogP contribution in [0.2, 0.25) is 0 Å². The number of carbonyl (C=O) groups excluding carboxylic acids is 1. The van der Waals surface area contributed by atoms with Gasteiger partial charge >= 0.3 is 0 Å². The summed E-state index contributed by atoms with van der Waals surface area (Å²) in [6, 6.07) is 21.1. The molecule has 1 N–H and O–H groups in total. The van der Waals surface area contributed by atoms with E-state index in [2.05, 4.69) is 26.3 Å². The van der Waals surface area contributed by atoms with Gasteiger partial charge in [-0.3, -0.25) is 4.79 Å². The number of hydrogen-bond acceptors (Lipinski definition) is 5. The Morgan fingerprint density at radius 3 is 2.50 bits per heavy atom. The summed E-state index contributed by atoms with van der Waals surface area (Å²) in [5.41, 5.74) is 3.48. The molecule has 184 valence electrons. The molecule has 1 heterocycles. The third kappa shape index (κ3) is 7.23. The number of methoxy groups -OCH3 is 1. The predicted octanol–water partition coefficient (Wildman–Crippen LogP) is 6.23. The fourth-order valence-electron chi connectivity index (χ4n) is 3.34. The van der Waals surface area contributed by atoms with Crippen LogP contribution >= 0.6 is 15.9 Å². The van der Waals surface area contributed by atoms with E-state index < -0.39 is 0 Å². The Labute approximate surface area is 218 Å². The van der Waals surface area contributed by atoms with E-state index in [1.54, 1.807) is 30.3 Å². The Morgan fingerprint density at radius 2 is 1.75 bits per heavy atom. The lowest BCUT2D eigenvalue weighted by Crippen LogP contribution is -2.08. The molecule has 0 atom stereocenters. The molecule has 0 aliphatic carbocycles. The minimum absolute atomic E-state index is 0.229. The van der Waals surface area contributed by atoms with E-state index >= 15 is 0 Å². The number of aromatic nitrogens is 2. The highest BCUT2D eigenvalue weighted by Gasteiger charge is 2.07. The van der Waals surface area contributed by atoms with Crippen LogP contribution in [0.4, 0.5) is 5.69 Å².